The van der Waals surface area contributed by atoms with Crippen molar-refractivity contribution in [1.82, 2.24) is 15.5 Å². The third kappa shape index (κ3) is 8.53. The summed E-state index contributed by atoms with van der Waals surface area (Å²) in [5, 5.41) is 5.69. The van der Waals surface area contributed by atoms with Gasteiger partial charge in [-0.2, -0.15) is 12.6 Å². The molecule has 0 radical (unpaired) electrons. The van der Waals surface area contributed by atoms with Crippen LogP contribution in [0.5, 0.6) is 0 Å². The lowest BCUT2D eigenvalue weighted by Gasteiger charge is -2.34. The van der Waals surface area contributed by atoms with Gasteiger partial charge in [0.05, 0.1) is 0 Å². The predicted molar refractivity (Wildman–Crippen MR) is 138 cm³/mol. The zero-order chi connectivity index (χ0) is 25.5. The SMILES string of the molecule is CCCCCNC(=O)C(c1cc(C)cc(C)c1)N(C(=O)C(CS)NC(=O)OC(C)(C)C)C1CC1. The van der Waals surface area contributed by atoms with E-state index in [1.807, 2.05) is 32.0 Å². The van der Waals surface area contributed by atoms with Crippen molar-refractivity contribution in [3.63, 3.8) is 0 Å². The molecule has 0 saturated heterocycles. The van der Waals surface area contributed by atoms with E-state index in [1.54, 1.807) is 25.7 Å². The van der Waals surface area contributed by atoms with E-state index in [0.717, 1.165) is 48.8 Å². The molecule has 8 heteroatoms. The molecule has 0 spiro atoms. The highest BCUT2D eigenvalue weighted by molar-refractivity contribution is 7.80. The number of nitrogens with one attached hydrogen (secondary N) is 2. The summed E-state index contributed by atoms with van der Waals surface area (Å²) in [4.78, 5) is 41.3. The fourth-order valence-electron chi connectivity index (χ4n) is 3.98. The van der Waals surface area contributed by atoms with E-state index in [4.69, 9.17) is 4.74 Å². The van der Waals surface area contributed by atoms with E-state index in [-0.39, 0.29) is 23.6 Å². The van der Waals surface area contributed by atoms with Crippen molar-refractivity contribution >= 4 is 30.5 Å². The van der Waals surface area contributed by atoms with Gasteiger partial charge in [0.2, 0.25) is 11.8 Å². The zero-order valence-corrected chi connectivity index (χ0v) is 22.3. The number of carbonyl (C=O) groups excluding carboxylic acids is 3. The number of carbonyl (C=O) groups is 3. The first-order chi connectivity index (χ1) is 16.0. The Bertz CT molecular complexity index is 844. The van der Waals surface area contributed by atoms with Crippen molar-refractivity contribution in [3.8, 4) is 0 Å². The Morgan fingerprint density at radius 1 is 1.12 bits per heavy atom. The fourth-order valence-corrected chi connectivity index (χ4v) is 4.22. The van der Waals surface area contributed by atoms with Gasteiger partial charge in [-0.1, -0.05) is 49.1 Å². The maximum absolute atomic E-state index is 13.7. The highest BCUT2D eigenvalue weighted by Gasteiger charge is 2.43. The van der Waals surface area contributed by atoms with Gasteiger partial charge < -0.3 is 20.3 Å². The lowest BCUT2D eigenvalue weighted by molar-refractivity contribution is -0.142. The average molecular weight is 492 g/mol. The van der Waals surface area contributed by atoms with Crippen LogP contribution in [-0.4, -0.2) is 52.8 Å². The molecule has 2 N–H and O–H groups in total. The number of benzene rings is 1. The molecule has 7 nitrogen and oxygen atoms in total. The highest BCUT2D eigenvalue weighted by atomic mass is 32.1. The number of hydrogen-bond donors (Lipinski definition) is 3. The number of amides is 3. The topological polar surface area (TPSA) is 87.7 Å². The van der Waals surface area contributed by atoms with Crippen LogP contribution in [0.4, 0.5) is 4.79 Å². The summed E-state index contributed by atoms with van der Waals surface area (Å²) in [6.45, 7) is 11.9. The molecule has 1 fully saturated rings. The number of rotatable bonds is 11. The minimum atomic E-state index is -0.903. The van der Waals surface area contributed by atoms with E-state index in [1.165, 1.54) is 0 Å². The monoisotopic (exact) mass is 491 g/mol. The Kier molecular flexibility index (Phi) is 10.3. The number of thiol groups is 1. The summed E-state index contributed by atoms with van der Waals surface area (Å²) >= 11 is 4.33. The summed E-state index contributed by atoms with van der Waals surface area (Å²) in [5.74, 6) is -0.424. The molecule has 34 heavy (non-hydrogen) atoms. The van der Waals surface area contributed by atoms with Crippen LogP contribution >= 0.6 is 12.6 Å². The molecule has 1 aromatic carbocycles. The van der Waals surface area contributed by atoms with Crippen molar-refractivity contribution in [2.45, 2.75) is 97.4 Å². The van der Waals surface area contributed by atoms with Gasteiger partial charge in [0.25, 0.3) is 0 Å². The number of hydrogen-bond acceptors (Lipinski definition) is 5. The Morgan fingerprint density at radius 3 is 2.24 bits per heavy atom. The molecule has 0 bridgehead atoms. The average Bonchev–Trinajstić information content (AvgIpc) is 3.55. The largest absolute Gasteiger partial charge is 0.444 e. The van der Waals surface area contributed by atoms with Crippen LogP contribution in [0, 0.1) is 13.8 Å². The molecule has 1 aliphatic rings. The Hall–Kier alpha value is -2.22. The van der Waals surface area contributed by atoms with Crippen molar-refractivity contribution in [1.29, 1.82) is 0 Å². The van der Waals surface area contributed by atoms with Gasteiger partial charge in [-0.3, -0.25) is 9.59 Å². The molecule has 0 aliphatic heterocycles. The zero-order valence-electron chi connectivity index (χ0n) is 21.4. The van der Waals surface area contributed by atoms with Crippen LogP contribution in [0.15, 0.2) is 18.2 Å². The normalized spacial score (nSPS) is 15.3. The van der Waals surface area contributed by atoms with E-state index >= 15 is 0 Å². The first kappa shape index (κ1) is 28.0. The van der Waals surface area contributed by atoms with Crippen LogP contribution in [0.3, 0.4) is 0 Å². The maximum atomic E-state index is 13.7. The lowest BCUT2D eigenvalue weighted by atomic mass is 9.98. The summed E-state index contributed by atoms with van der Waals surface area (Å²) in [6, 6.07) is 4.24. The minimum Gasteiger partial charge on any atom is -0.444 e. The summed E-state index contributed by atoms with van der Waals surface area (Å²) in [7, 11) is 0. The van der Waals surface area contributed by atoms with Crippen molar-refractivity contribution < 1.29 is 19.1 Å². The van der Waals surface area contributed by atoms with E-state index in [9.17, 15) is 14.4 Å². The second-order valence-corrected chi connectivity index (χ2v) is 10.5. The van der Waals surface area contributed by atoms with Gasteiger partial charge in [-0.05, 0) is 59.4 Å². The highest BCUT2D eigenvalue weighted by Crippen LogP contribution is 2.36. The second-order valence-electron chi connectivity index (χ2n) is 10.2. The summed E-state index contributed by atoms with van der Waals surface area (Å²) in [6.07, 6.45) is 3.94. The van der Waals surface area contributed by atoms with Gasteiger partial charge in [0.15, 0.2) is 0 Å². The Labute approximate surface area is 209 Å². The molecule has 1 aromatic rings. The van der Waals surface area contributed by atoms with Crippen molar-refractivity contribution in [3.05, 3.63) is 34.9 Å². The van der Waals surface area contributed by atoms with Crippen molar-refractivity contribution in [2.24, 2.45) is 0 Å². The summed E-state index contributed by atoms with van der Waals surface area (Å²) < 4.78 is 5.34. The predicted octanol–water partition coefficient (Wildman–Crippen LogP) is 4.47. The third-order valence-electron chi connectivity index (χ3n) is 5.53. The van der Waals surface area contributed by atoms with Crippen LogP contribution in [0.2, 0.25) is 0 Å². The fraction of sp³-hybridized carbons (Fsp3) is 0.654. The first-order valence-corrected chi connectivity index (χ1v) is 12.9. The molecular formula is C26H41N3O4S. The van der Waals surface area contributed by atoms with Gasteiger partial charge in [0.1, 0.15) is 17.7 Å². The van der Waals surface area contributed by atoms with Gasteiger partial charge in [0, 0.05) is 18.3 Å². The maximum Gasteiger partial charge on any atom is 0.408 e. The molecule has 1 saturated carbocycles. The second kappa shape index (κ2) is 12.5. The van der Waals surface area contributed by atoms with Crippen LogP contribution in [-0.2, 0) is 14.3 Å². The quantitative estimate of drug-likeness (QED) is 0.315. The molecule has 2 rings (SSSR count). The van der Waals surface area contributed by atoms with Crippen LogP contribution in [0.25, 0.3) is 0 Å². The summed E-state index contributed by atoms with van der Waals surface area (Å²) in [5.41, 5.74) is 2.14. The van der Waals surface area contributed by atoms with Crippen LogP contribution in [0.1, 0.15) is 82.5 Å². The Morgan fingerprint density at radius 2 is 1.74 bits per heavy atom. The molecule has 2 unspecified atom stereocenters. The standard InChI is InChI=1S/C26H41N3O4S/c1-7-8-9-12-27-23(30)22(19-14-17(2)13-18(3)15-19)29(20-10-11-20)24(31)21(16-34)28-25(32)33-26(4,5)6/h13-15,20-22,34H,7-12,16H2,1-6H3,(H,27,30)(H,28,32). The van der Waals surface area contributed by atoms with Crippen molar-refractivity contribution in [2.75, 3.05) is 12.3 Å². The number of nitrogens with zero attached hydrogens (tertiary/aromatic N) is 1. The lowest BCUT2D eigenvalue weighted by Crippen LogP contribution is -2.54. The Balaban J connectivity index is 2.36. The number of ether oxygens (including phenoxy) is 1. The number of unbranched alkanes of at least 4 members (excludes halogenated alkanes) is 2. The molecule has 3 amide bonds. The molecule has 0 heterocycles. The first-order valence-electron chi connectivity index (χ1n) is 12.2. The van der Waals surface area contributed by atoms with E-state index in [0.29, 0.717) is 6.54 Å². The van der Waals surface area contributed by atoms with E-state index in [2.05, 4.69) is 30.2 Å². The number of aryl methyl sites for hydroxylation is 2. The third-order valence-corrected chi connectivity index (χ3v) is 5.90. The molecule has 2 atom stereocenters. The molecule has 190 valence electrons. The molecular weight excluding hydrogens is 450 g/mol. The van der Waals surface area contributed by atoms with Gasteiger partial charge in [-0.15, -0.1) is 0 Å². The van der Waals surface area contributed by atoms with Crippen LogP contribution < -0.4 is 10.6 Å². The smallest absolute Gasteiger partial charge is 0.408 e. The van der Waals surface area contributed by atoms with Gasteiger partial charge in [-0.25, -0.2) is 4.79 Å². The van der Waals surface area contributed by atoms with Gasteiger partial charge >= 0.3 is 6.09 Å². The molecule has 1 aliphatic carbocycles. The molecule has 0 aromatic heterocycles. The van der Waals surface area contributed by atoms with E-state index < -0.39 is 23.8 Å². The minimum absolute atomic E-state index is 0.0532. The number of alkyl carbamates (subject to hydrolysis) is 1.